The van der Waals surface area contributed by atoms with Crippen LogP contribution in [0.25, 0.3) is 0 Å². The van der Waals surface area contributed by atoms with Gasteiger partial charge in [-0.15, -0.1) is 0 Å². The van der Waals surface area contributed by atoms with Crippen molar-refractivity contribution in [2.45, 2.75) is 19.4 Å². The highest BCUT2D eigenvalue weighted by atomic mass is 16.4. The number of nitrogens with one attached hydrogen (secondary N) is 1. The van der Waals surface area contributed by atoms with Gasteiger partial charge in [0.15, 0.2) is 0 Å². The summed E-state index contributed by atoms with van der Waals surface area (Å²) in [4.78, 5) is 34.8. The van der Waals surface area contributed by atoms with Crippen LogP contribution in [0.5, 0.6) is 5.75 Å². The number of hydrogen-bond acceptors (Lipinski definition) is 4. The predicted octanol–water partition coefficient (Wildman–Crippen LogP) is 0.856. The van der Waals surface area contributed by atoms with E-state index in [0.717, 1.165) is 0 Å². The van der Waals surface area contributed by atoms with Gasteiger partial charge in [-0.05, 0) is 19.1 Å². The molecule has 0 saturated heterocycles. The summed E-state index contributed by atoms with van der Waals surface area (Å²) in [5.41, 5.74) is 0.370. The van der Waals surface area contributed by atoms with Crippen LogP contribution in [0.1, 0.15) is 13.3 Å². The van der Waals surface area contributed by atoms with E-state index in [1.165, 1.54) is 23.1 Å². The number of anilines is 1. The van der Waals surface area contributed by atoms with Gasteiger partial charge in [0.1, 0.15) is 11.8 Å². The Morgan fingerprint density at radius 1 is 1.29 bits per heavy atom. The number of nitrogens with zero attached hydrogens (tertiary/aromatic N) is 1. The minimum Gasteiger partial charge on any atom is -0.508 e. The smallest absolute Gasteiger partial charge is 0.326 e. The lowest BCUT2D eigenvalue weighted by molar-refractivity contribution is -0.145. The van der Waals surface area contributed by atoms with Gasteiger partial charge in [-0.25, -0.2) is 9.59 Å². The van der Waals surface area contributed by atoms with Crippen molar-refractivity contribution >= 4 is 23.7 Å². The fourth-order valence-corrected chi connectivity index (χ4v) is 1.71. The van der Waals surface area contributed by atoms with E-state index < -0.39 is 30.4 Å². The van der Waals surface area contributed by atoms with Crippen molar-refractivity contribution in [2.75, 3.05) is 11.4 Å². The highest BCUT2D eigenvalue weighted by molar-refractivity contribution is 5.95. The Balaban J connectivity index is 2.88. The van der Waals surface area contributed by atoms with E-state index in [0.29, 0.717) is 5.69 Å². The molecule has 114 valence electrons. The van der Waals surface area contributed by atoms with Crippen molar-refractivity contribution < 1.29 is 29.7 Å². The third-order valence-electron chi connectivity index (χ3n) is 2.68. The lowest BCUT2D eigenvalue weighted by Crippen LogP contribution is -2.48. The van der Waals surface area contributed by atoms with Crippen LogP contribution >= 0.6 is 0 Å². The average Bonchev–Trinajstić information content (AvgIpc) is 2.38. The van der Waals surface area contributed by atoms with Crippen LogP contribution in [-0.4, -0.2) is 45.9 Å². The third kappa shape index (κ3) is 4.68. The number of hydrogen-bond donors (Lipinski definition) is 4. The summed E-state index contributed by atoms with van der Waals surface area (Å²) in [5.74, 6) is -2.81. The number of aromatic hydroxyl groups is 1. The van der Waals surface area contributed by atoms with Crippen LogP contribution in [0.2, 0.25) is 0 Å². The topological polar surface area (TPSA) is 127 Å². The predicted molar refractivity (Wildman–Crippen MR) is 73.3 cm³/mol. The number of rotatable bonds is 6. The minimum absolute atomic E-state index is 0.0425. The van der Waals surface area contributed by atoms with Crippen LogP contribution in [0, 0.1) is 0 Å². The summed E-state index contributed by atoms with van der Waals surface area (Å²) in [6.45, 7) is 1.88. The summed E-state index contributed by atoms with van der Waals surface area (Å²) in [7, 11) is 0. The second-order valence-corrected chi connectivity index (χ2v) is 4.20. The van der Waals surface area contributed by atoms with Gasteiger partial charge in [-0.3, -0.25) is 9.69 Å². The molecule has 0 aliphatic heterocycles. The van der Waals surface area contributed by atoms with Crippen molar-refractivity contribution in [2.24, 2.45) is 0 Å². The highest BCUT2D eigenvalue weighted by Crippen LogP contribution is 2.20. The first-order valence-corrected chi connectivity index (χ1v) is 6.16. The van der Waals surface area contributed by atoms with Gasteiger partial charge in [-0.1, -0.05) is 6.07 Å². The fourth-order valence-electron chi connectivity index (χ4n) is 1.71. The van der Waals surface area contributed by atoms with Crippen molar-refractivity contribution in [3.8, 4) is 5.75 Å². The van der Waals surface area contributed by atoms with Gasteiger partial charge in [0.05, 0.1) is 6.42 Å². The summed E-state index contributed by atoms with van der Waals surface area (Å²) in [5, 5.41) is 29.1. The largest absolute Gasteiger partial charge is 0.508 e. The van der Waals surface area contributed by atoms with Crippen molar-refractivity contribution in [3.63, 3.8) is 0 Å². The molecule has 8 heteroatoms. The molecule has 0 heterocycles. The standard InChI is InChI=1S/C13H16N2O6/c1-2-15(8-4-3-5-9(16)6-8)13(21)14-10(12(19)20)7-11(17)18/h3-6,10,16H,2,7H2,1H3,(H,14,21)(H,17,18)(H,19,20)/t10-/m0/s1. The van der Waals surface area contributed by atoms with Crippen molar-refractivity contribution in [1.29, 1.82) is 0 Å². The second-order valence-electron chi connectivity index (χ2n) is 4.20. The molecule has 0 radical (unpaired) electrons. The van der Waals surface area contributed by atoms with Gasteiger partial charge < -0.3 is 20.6 Å². The van der Waals surface area contributed by atoms with E-state index in [9.17, 15) is 19.5 Å². The highest BCUT2D eigenvalue weighted by Gasteiger charge is 2.25. The molecule has 1 aromatic rings. The van der Waals surface area contributed by atoms with Crippen molar-refractivity contribution in [1.82, 2.24) is 5.32 Å². The van der Waals surface area contributed by atoms with E-state index >= 15 is 0 Å². The Hall–Kier alpha value is -2.77. The maximum Gasteiger partial charge on any atom is 0.326 e. The molecule has 21 heavy (non-hydrogen) atoms. The number of phenolic OH excluding ortho intramolecular Hbond substituents is 1. The molecule has 1 atom stereocenters. The molecule has 0 aromatic heterocycles. The lowest BCUT2D eigenvalue weighted by atomic mass is 10.2. The molecule has 1 aromatic carbocycles. The summed E-state index contributed by atoms with van der Waals surface area (Å²) in [6, 6.07) is 3.59. The van der Waals surface area contributed by atoms with Crippen LogP contribution in [0.15, 0.2) is 24.3 Å². The molecule has 0 bridgehead atoms. The van der Waals surface area contributed by atoms with Crippen LogP contribution in [0.4, 0.5) is 10.5 Å². The van der Waals surface area contributed by atoms with Crippen LogP contribution < -0.4 is 10.2 Å². The zero-order chi connectivity index (χ0) is 16.0. The van der Waals surface area contributed by atoms with Gasteiger partial charge in [0.2, 0.25) is 0 Å². The summed E-state index contributed by atoms with van der Waals surface area (Å²) < 4.78 is 0. The minimum atomic E-state index is -1.53. The average molecular weight is 296 g/mol. The Bertz CT molecular complexity index is 545. The van der Waals surface area contributed by atoms with Crippen LogP contribution in [-0.2, 0) is 9.59 Å². The maximum absolute atomic E-state index is 12.1. The molecule has 0 aliphatic carbocycles. The summed E-state index contributed by atoms with van der Waals surface area (Å²) >= 11 is 0. The lowest BCUT2D eigenvalue weighted by Gasteiger charge is -2.23. The molecule has 0 unspecified atom stereocenters. The number of carbonyl (C=O) groups excluding carboxylic acids is 1. The Morgan fingerprint density at radius 2 is 1.95 bits per heavy atom. The SMILES string of the molecule is CCN(C(=O)N[C@@H](CC(=O)O)C(=O)O)c1cccc(O)c1. The normalized spacial score (nSPS) is 11.5. The number of carbonyl (C=O) groups is 3. The zero-order valence-corrected chi connectivity index (χ0v) is 11.3. The molecule has 8 nitrogen and oxygen atoms in total. The number of carboxylic acids is 2. The first kappa shape index (κ1) is 16.3. The van der Waals surface area contributed by atoms with Gasteiger partial charge in [0.25, 0.3) is 0 Å². The molecular formula is C13H16N2O6. The Morgan fingerprint density at radius 3 is 2.43 bits per heavy atom. The first-order valence-electron chi connectivity index (χ1n) is 6.16. The van der Waals surface area contributed by atoms with E-state index in [-0.39, 0.29) is 12.3 Å². The third-order valence-corrected chi connectivity index (χ3v) is 2.68. The number of amides is 2. The summed E-state index contributed by atoms with van der Waals surface area (Å²) in [6.07, 6.45) is -0.724. The first-order chi connectivity index (χ1) is 9.85. The molecule has 0 fully saturated rings. The van der Waals surface area contributed by atoms with E-state index in [1.54, 1.807) is 13.0 Å². The molecule has 4 N–H and O–H groups in total. The molecule has 2 amide bonds. The zero-order valence-electron chi connectivity index (χ0n) is 11.3. The number of carboxylic acid groups (broad SMARTS) is 2. The van der Waals surface area contributed by atoms with Gasteiger partial charge in [-0.2, -0.15) is 0 Å². The molecule has 0 spiro atoms. The van der Waals surface area contributed by atoms with E-state index in [4.69, 9.17) is 10.2 Å². The molecule has 0 saturated carbocycles. The van der Waals surface area contributed by atoms with Crippen molar-refractivity contribution in [3.05, 3.63) is 24.3 Å². The Labute approximate surface area is 120 Å². The number of urea groups is 1. The Kier molecular flexibility index (Phi) is 5.53. The number of aliphatic carboxylic acids is 2. The van der Waals surface area contributed by atoms with E-state index in [1.807, 2.05) is 0 Å². The molecule has 1 rings (SSSR count). The fraction of sp³-hybridized carbons (Fsp3) is 0.308. The molecule has 0 aliphatic rings. The van der Waals surface area contributed by atoms with Gasteiger partial charge in [0, 0.05) is 18.3 Å². The second kappa shape index (κ2) is 7.13. The maximum atomic E-state index is 12.1. The molecular weight excluding hydrogens is 280 g/mol. The number of benzene rings is 1. The van der Waals surface area contributed by atoms with E-state index in [2.05, 4.69) is 5.32 Å². The van der Waals surface area contributed by atoms with Gasteiger partial charge >= 0.3 is 18.0 Å². The quantitative estimate of drug-likeness (QED) is 0.616. The number of phenols is 1. The monoisotopic (exact) mass is 296 g/mol. The van der Waals surface area contributed by atoms with Crippen LogP contribution in [0.3, 0.4) is 0 Å².